The van der Waals surface area contributed by atoms with E-state index in [0.717, 1.165) is 12.0 Å². The minimum absolute atomic E-state index is 0.000228. The van der Waals surface area contributed by atoms with Gasteiger partial charge in [0, 0.05) is 39.3 Å². The lowest BCUT2D eigenvalue weighted by Gasteiger charge is -2.32. The van der Waals surface area contributed by atoms with Crippen molar-refractivity contribution in [3.8, 4) is 0 Å². The van der Waals surface area contributed by atoms with E-state index in [9.17, 15) is 14.0 Å². The van der Waals surface area contributed by atoms with Crippen LogP contribution < -0.4 is 5.32 Å². The molecule has 0 aliphatic carbocycles. The summed E-state index contributed by atoms with van der Waals surface area (Å²) in [6.45, 7) is 4.79. The van der Waals surface area contributed by atoms with Crippen molar-refractivity contribution in [2.75, 3.05) is 32.8 Å². The third kappa shape index (κ3) is 6.46. The number of amides is 2. The van der Waals surface area contributed by atoms with E-state index in [1.807, 2.05) is 13.0 Å². The first-order chi connectivity index (χ1) is 12.1. The number of ether oxygens (including phenoxy) is 1. The normalized spacial score (nSPS) is 17.6. The van der Waals surface area contributed by atoms with Crippen LogP contribution in [0.15, 0.2) is 24.3 Å². The first-order valence-electron chi connectivity index (χ1n) is 8.97. The SMILES string of the molecule is CCOCCCNC(=O)[C@@H]1CCC(=O)N(CCc2cccc(F)c2)C1. The van der Waals surface area contributed by atoms with Gasteiger partial charge in [-0.3, -0.25) is 9.59 Å². The smallest absolute Gasteiger partial charge is 0.224 e. The number of nitrogens with zero attached hydrogens (tertiary/aromatic N) is 1. The lowest BCUT2D eigenvalue weighted by atomic mass is 9.96. The van der Waals surface area contributed by atoms with Crippen LogP contribution in [0, 0.1) is 11.7 Å². The van der Waals surface area contributed by atoms with Gasteiger partial charge in [0.05, 0.1) is 5.92 Å². The Hall–Kier alpha value is -1.95. The van der Waals surface area contributed by atoms with Crippen molar-refractivity contribution < 1.29 is 18.7 Å². The Kier molecular flexibility index (Phi) is 7.85. The summed E-state index contributed by atoms with van der Waals surface area (Å²) < 4.78 is 18.5. The summed E-state index contributed by atoms with van der Waals surface area (Å²) in [6, 6.07) is 6.40. The van der Waals surface area contributed by atoms with Crippen molar-refractivity contribution in [1.29, 1.82) is 0 Å². The summed E-state index contributed by atoms with van der Waals surface area (Å²) in [5.41, 5.74) is 0.857. The molecule has 1 fully saturated rings. The molecule has 5 nitrogen and oxygen atoms in total. The van der Waals surface area contributed by atoms with Crippen LogP contribution in [0.3, 0.4) is 0 Å². The molecule has 0 spiro atoms. The molecule has 0 unspecified atom stereocenters. The number of carbonyl (C=O) groups excluding carboxylic acids is 2. The molecule has 0 radical (unpaired) electrons. The summed E-state index contributed by atoms with van der Waals surface area (Å²) in [4.78, 5) is 26.1. The van der Waals surface area contributed by atoms with E-state index in [-0.39, 0.29) is 23.5 Å². The second-order valence-corrected chi connectivity index (χ2v) is 6.30. The molecule has 1 heterocycles. The minimum atomic E-state index is -0.272. The Morgan fingerprint density at radius 3 is 3.04 bits per heavy atom. The molecular weight excluding hydrogens is 323 g/mol. The molecule has 1 aliphatic rings. The van der Waals surface area contributed by atoms with Crippen molar-refractivity contribution >= 4 is 11.8 Å². The van der Waals surface area contributed by atoms with Gasteiger partial charge in [0.15, 0.2) is 0 Å². The zero-order chi connectivity index (χ0) is 18.1. The fourth-order valence-electron chi connectivity index (χ4n) is 2.98. The van der Waals surface area contributed by atoms with Gasteiger partial charge in [-0.25, -0.2) is 4.39 Å². The van der Waals surface area contributed by atoms with E-state index in [0.29, 0.717) is 52.1 Å². The minimum Gasteiger partial charge on any atom is -0.382 e. The van der Waals surface area contributed by atoms with Gasteiger partial charge in [-0.1, -0.05) is 12.1 Å². The van der Waals surface area contributed by atoms with Crippen molar-refractivity contribution in [2.24, 2.45) is 5.92 Å². The van der Waals surface area contributed by atoms with Crippen molar-refractivity contribution in [3.05, 3.63) is 35.6 Å². The van der Waals surface area contributed by atoms with E-state index in [2.05, 4.69) is 5.32 Å². The van der Waals surface area contributed by atoms with Crippen molar-refractivity contribution in [3.63, 3.8) is 0 Å². The Bertz CT molecular complexity index is 580. The average Bonchev–Trinajstić information content (AvgIpc) is 2.60. The maximum atomic E-state index is 13.2. The molecule has 25 heavy (non-hydrogen) atoms. The molecule has 0 bridgehead atoms. The van der Waals surface area contributed by atoms with Crippen LogP contribution in [0.5, 0.6) is 0 Å². The molecule has 1 aromatic rings. The predicted molar refractivity (Wildman–Crippen MR) is 93.5 cm³/mol. The number of benzene rings is 1. The summed E-state index contributed by atoms with van der Waals surface area (Å²) in [7, 11) is 0. The molecule has 2 amide bonds. The molecule has 6 heteroatoms. The highest BCUT2D eigenvalue weighted by Gasteiger charge is 2.29. The van der Waals surface area contributed by atoms with Gasteiger partial charge in [-0.15, -0.1) is 0 Å². The second kappa shape index (κ2) is 10.1. The van der Waals surface area contributed by atoms with Gasteiger partial charge in [0.2, 0.25) is 11.8 Å². The topological polar surface area (TPSA) is 58.6 Å². The Morgan fingerprint density at radius 2 is 2.28 bits per heavy atom. The highest BCUT2D eigenvalue weighted by atomic mass is 19.1. The standard InChI is InChI=1S/C19H27FN2O3/c1-2-25-12-4-10-21-19(24)16-7-8-18(23)22(14-16)11-9-15-5-3-6-17(20)13-15/h3,5-6,13,16H,2,4,7-12,14H2,1H3,(H,21,24)/t16-/m1/s1. The number of rotatable bonds is 9. The molecule has 138 valence electrons. The number of carbonyl (C=O) groups is 2. The number of likely N-dealkylation sites (tertiary alicyclic amines) is 1. The summed E-state index contributed by atoms with van der Waals surface area (Å²) in [5.74, 6) is -0.374. The number of halogens is 1. The summed E-state index contributed by atoms with van der Waals surface area (Å²) in [6.07, 6.45) is 2.35. The highest BCUT2D eigenvalue weighted by Crippen LogP contribution is 2.18. The molecular formula is C19H27FN2O3. The van der Waals surface area contributed by atoms with Crippen LogP contribution in [0.25, 0.3) is 0 Å². The van der Waals surface area contributed by atoms with Gasteiger partial charge in [-0.2, -0.15) is 0 Å². The zero-order valence-electron chi connectivity index (χ0n) is 14.8. The Labute approximate surface area is 148 Å². The summed E-state index contributed by atoms with van der Waals surface area (Å²) in [5, 5.41) is 2.92. The van der Waals surface area contributed by atoms with E-state index in [4.69, 9.17) is 4.74 Å². The first-order valence-corrected chi connectivity index (χ1v) is 8.97. The number of hydrogen-bond donors (Lipinski definition) is 1. The molecule has 2 rings (SSSR count). The van der Waals surface area contributed by atoms with Crippen LogP contribution in [0.2, 0.25) is 0 Å². The van der Waals surface area contributed by atoms with Crippen molar-refractivity contribution in [1.82, 2.24) is 10.2 Å². The first kappa shape index (κ1) is 19.4. The molecule has 1 atom stereocenters. The molecule has 1 aromatic carbocycles. The lowest BCUT2D eigenvalue weighted by molar-refractivity contribution is -0.138. The van der Waals surface area contributed by atoms with E-state index in [1.165, 1.54) is 12.1 Å². The Balaban J connectivity index is 1.77. The van der Waals surface area contributed by atoms with E-state index < -0.39 is 0 Å². The fourth-order valence-corrected chi connectivity index (χ4v) is 2.98. The van der Waals surface area contributed by atoms with Gasteiger partial charge in [-0.05, 0) is 43.9 Å². The molecule has 0 aromatic heterocycles. The van der Waals surface area contributed by atoms with Gasteiger partial charge >= 0.3 is 0 Å². The number of nitrogens with one attached hydrogen (secondary N) is 1. The van der Waals surface area contributed by atoms with Gasteiger partial charge in [0.1, 0.15) is 5.82 Å². The number of hydrogen-bond acceptors (Lipinski definition) is 3. The third-order valence-electron chi connectivity index (χ3n) is 4.40. The largest absolute Gasteiger partial charge is 0.382 e. The van der Waals surface area contributed by atoms with Crippen LogP contribution >= 0.6 is 0 Å². The predicted octanol–water partition coefficient (Wildman–Crippen LogP) is 2.15. The fraction of sp³-hybridized carbons (Fsp3) is 0.579. The van der Waals surface area contributed by atoms with E-state index in [1.54, 1.807) is 11.0 Å². The van der Waals surface area contributed by atoms with E-state index >= 15 is 0 Å². The van der Waals surface area contributed by atoms with Gasteiger partial charge < -0.3 is 15.0 Å². The average molecular weight is 350 g/mol. The Morgan fingerprint density at radius 1 is 1.44 bits per heavy atom. The van der Waals surface area contributed by atoms with Crippen LogP contribution in [0.1, 0.15) is 31.7 Å². The van der Waals surface area contributed by atoms with Crippen LogP contribution in [0.4, 0.5) is 4.39 Å². The zero-order valence-corrected chi connectivity index (χ0v) is 14.8. The second-order valence-electron chi connectivity index (χ2n) is 6.30. The summed E-state index contributed by atoms with van der Waals surface area (Å²) >= 11 is 0. The van der Waals surface area contributed by atoms with Gasteiger partial charge in [0.25, 0.3) is 0 Å². The van der Waals surface area contributed by atoms with Crippen molar-refractivity contribution in [2.45, 2.75) is 32.6 Å². The quantitative estimate of drug-likeness (QED) is 0.694. The van der Waals surface area contributed by atoms with Crippen LogP contribution in [-0.2, 0) is 20.7 Å². The maximum Gasteiger partial charge on any atom is 0.224 e. The monoisotopic (exact) mass is 350 g/mol. The molecule has 0 saturated carbocycles. The number of piperidine rings is 1. The third-order valence-corrected chi connectivity index (χ3v) is 4.40. The highest BCUT2D eigenvalue weighted by molar-refractivity contribution is 5.83. The molecule has 1 aliphatic heterocycles. The molecule has 1 N–H and O–H groups in total. The van der Waals surface area contributed by atoms with Crippen LogP contribution in [-0.4, -0.2) is 49.6 Å². The lowest BCUT2D eigenvalue weighted by Crippen LogP contribution is -2.46. The molecule has 1 saturated heterocycles. The maximum absolute atomic E-state index is 13.2.